The van der Waals surface area contributed by atoms with Gasteiger partial charge in [0, 0.05) is 17.8 Å². The van der Waals surface area contributed by atoms with E-state index in [4.69, 9.17) is 15.2 Å². The molecule has 0 amide bonds. The second-order valence-electron chi connectivity index (χ2n) is 6.11. The fourth-order valence-electron chi connectivity index (χ4n) is 2.77. The van der Waals surface area contributed by atoms with Gasteiger partial charge in [0.25, 0.3) is 0 Å². The molecule has 0 aliphatic carbocycles. The summed E-state index contributed by atoms with van der Waals surface area (Å²) in [5.74, 6) is 0.187. The van der Waals surface area contributed by atoms with Crippen molar-refractivity contribution < 1.29 is 22.6 Å². The fraction of sp³-hybridized carbons (Fsp3) is 0.200. The molecule has 0 aliphatic heterocycles. The van der Waals surface area contributed by atoms with Crippen LogP contribution in [0, 0.1) is 6.92 Å². The van der Waals surface area contributed by atoms with Crippen LogP contribution in [0.1, 0.15) is 17.2 Å². The van der Waals surface area contributed by atoms with Gasteiger partial charge in [-0.1, -0.05) is 35.9 Å². The van der Waals surface area contributed by atoms with E-state index < -0.39 is 12.3 Å². The molecule has 0 fully saturated rings. The number of methoxy groups -OCH3 is 1. The maximum Gasteiger partial charge on any atom is 0.429 e. The summed E-state index contributed by atoms with van der Waals surface area (Å²) in [4.78, 5) is 7.39. The van der Waals surface area contributed by atoms with Crippen molar-refractivity contribution in [2.45, 2.75) is 19.2 Å². The lowest BCUT2D eigenvalue weighted by atomic mass is 9.94. The first-order chi connectivity index (χ1) is 13.3. The van der Waals surface area contributed by atoms with Crippen molar-refractivity contribution >= 4 is 5.95 Å². The third kappa shape index (κ3) is 4.33. The molecule has 1 heterocycles. The zero-order valence-electron chi connectivity index (χ0n) is 15.2. The van der Waals surface area contributed by atoms with Crippen LogP contribution < -0.4 is 15.2 Å². The van der Waals surface area contributed by atoms with E-state index in [2.05, 4.69) is 9.97 Å². The van der Waals surface area contributed by atoms with Crippen molar-refractivity contribution in [2.24, 2.45) is 0 Å². The lowest BCUT2D eigenvalue weighted by molar-refractivity contribution is -0.198. The summed E-state index contributed by atoms with van der Waals surface area (Å²) in [7, 11) is 1.52. The van der Waals surface area contributed by atoms with E-state index in [1.165, 1.54) is 25.4 Å². The summed E-state index contributed by atoms with van der Waals surface area (Å²) in [6, 6.07) is 12.7. The Morgan fingerprint density at radius 2 is 1.75 bits per heavy atom. The predicted octanol–water partition coefficient (Wildman–Crippen LogP) is 4.73. The molecule has 28 heavy (non-hydrogen) atoms. The van der Waals surface area contributed by atoms with Crippen molar-refractivity contribution in [1.82, 2.24) is 9.97 Å². The maximum absolute atomic E-state index is 13.9. The molecule has 1 atom stereocenters. The minimum Gasteiger partial charge on any atom is -0.497 e. The van der Waals surface area contributed by atoms with E-state index in [1.54, 1.807) is 36.4 Å². The molecule has 146 valence electrons. The number of hydrogen-bond donors (Lipinski definition) is 1. The lowest BCUT2D eigenvalue weighted by Crippen LogP contribution is -2.27. The standard InChI is InChI=1S/C20H18F3N3O2/c1-12-3-8-15(16(11-12)13-4-6-14(27-2)7-5-13)18(20(21,22)23)28-17-9-10-25-19(24)26-17/h3-11,18H,1-2H3,(H2,24,25,26). The second-order valence-corrected chi connectivity index (χ2v) is 6.11. The Hall–Kier alpha value is -3.29. The molecule has 3 rings (SSSR count). The van der Waals surface area contributed by atoms with Gasteiger partial charge in [-0.05, 0) is 30.2 Å². The highest BCUT2D eigenvalue weighted by molar-refractivity contribution is 5.69. The first kappa shape index (κ1) is 19.5. The highest BCUT2D eigenvalue weighted by atomic mass is 19.4. The Bertz CT molecular complexity index is 960. The second kappa shape index (κ2) is 7.75. The summed E-state index contributed by atoms with van der Waals surface area (Å²) < 4.78 is 52.0. The Balaban J connectivity index is 2.09. The largest absolute Gasteiger partial charge is 0.497 e. The van der Waals surface area contributed by atoms with Crippen LogP contribution in [0.5, 0.6) is 11.6 Å². The number of alkyl halides is 3. The average molecular weight is 389 g/mol. The van der Waals surface area contributed by atoms with E-state index in [-0.39, 0.29) is 17.4 Å². The van der Waals surface area contributed by atoms with Crippen molar-refractivity contribution in [3.05, 3.63) is 65.9 Å². The topological polar surface area (TPSA) is 70.3 Å². The highest BCUT2D eigenvalue weighted by Crippen LogP contribution is 2.41. The average Bonchev–Trinajstić information content (AvgIpc) is 2.66. The number of aromatic nitrogens is 2. The number of rotatable bonds is 5. The van der Waals surface area contributed by atoms with Crippen molar-refractivity contribution in [1.29, 1.82) is 0 Å². The third-order valence-corrected chi connectivity index (χ3v) is 4.08. The molecule has 0 radical (unpaired) electrons. The number of nitrogens with two attached hydrogens (primary N) is 1. The van der Waals surface area contributed by atoms with Gasteiger partial charge in [-0.2, -0.15) is 18.2 Å². The Labute approximate surface area is 160 Å². The third-order valence-electron chi connectivity index (χ3n) is 4.08. The molecule has 8 heteroatoms. The molecule has 5 nitrogen and oxygen atoms in total. The quantitative estimate of drug-likeness (QED) is 0.683. The van der Waals surface area contributed by atoms with E-state index >= 15 is 0 Å². The van der Waals surface area contributed by atoms with Crippen molar-refractivity contribution in [3.8, 4) is 22.8 Å². The predicted molar refractivity (Wildman–Crippen MR) is 99.0 cm³/mol. The number of hydrogen-bond acceptors (Lipinski definition) is 5. The monoisotopic (exact) mass is 389 g/mol. The minimum atomic E-state index is -4.67. The van der Waals surface area contributed by atoms with E-state index in [9.17, 15) is 13.2 Å². The lowest BCUT2D eigenvalue weighted by Gasteiger charge is -2.24. The van der Waals surface area contributed by atoms with Crippen LogP contribution in [0.25, 0.3) is 11.1 Å². The molecule has 1 aromatic heterocycles. The summed E-state index contributed by atoms with van der Waals surface area (Å²) in [5, 5.41) is 0. The number of ether oxygens (including phenoxy) is 2. The van der Waals surface area contributed by atoms with Gasteiger partial charge in [0.15, 0.2) is 0 Å². The summed E-state index contributed by atoms with van der Waals surface area (Å²) in [6.07, 6.45) is -5.65. The van der Waals surface area contributed by atoms with Gasteiger partial charge in [0.1, 0.15) is 5.75 Å². The molecule has 1 unspecified atom stereocenters. The van der Waals surface area contributed by atoms with Gasteiger partial charge in [-0.25, -0.2) is 4.98 Å². The molecule has 0 bridgehead atoms. The van der Waals surface area contributed by atoms with E-state index in [1.807, 2.05) is 6.92 Å². The molecule has 0 spiro atoms. The van der Waals surface area contributed by atoms with Crippen LogP contribution in [0.15, 0.2) is 54.7 Å². The number of nitrogen functional groups attached to an aromatic ring is 1. The number of anilines is 1. The number of aryl methyl sites for hydroxylation is 1. The molecular formula is C20H18F3N3O2. The van der Waals surface area contributed by atoms with Crippen molar-refractivity contribution in [2.75, 3.05) is 12.8 Å². The number of nitrogens with zero attached hydrogens (tertiary/aromatic N) is 2. The fourth-order valence-corrected chi connectivity index (χ4v) is 2.77. The van der Waals surface area contributed by atoms with Gasteiger partial charge in [-0.3, -0.25) is 0 Å². The molecule has 0 aliphatic rings. The highest BCUT2D eigenvalue weighted by Gasteiger charge is 2.44. The molecule has 2 aromatic carbocycles. The molecule has 2 N–H and O–H groups in total. The van der Waals surface area contributed by atoms with Gasteiger partial charge in [0.2, 0.25) is 17.9 Å². The Morgan fingerprint density at radius 1 is 1.04 bits per heavy atom. The smallest absolute Gasteiger partial charge is 0.429 e. The van der Waals surface area contributed by atoms with Crippen molar-refractivity contribution in [3.63, 3.8) is 0 Å². The van der Waals surface area contributed by atoms with Crippen LogP contribution in [-0.2, 0) is 0 Å². The van der Waals surface area contributed by atoms with Crippen LogP contribution >= 0.6 is 0 Å². The first-order valence-electron chi connectivity index (χ1n) is 8.35. The van der Waals surface area contributed by atoms with Crippen LogP contribution in [0.2, 0.25) is 0 Å². The molecule has 0 saturated heterocycles. The summed E-state index contributed by atoms with van der Waals surface area (Å²) in [5.41, 5.74) is 7.27. The molecular weight excluding hydrogens is 371 g/mol. The maximum atomic E-state index is 13.9. The van der Waals surface area contributed by atoms with Gasteiger partial charge in [-0.15, -0.1) is 0 Å². The summed E-state index contributed by atoms with van der Waals surface area (Å²) in [6.45, 7) is 1.81. The zero-order chi connectivity index (χ0) is 20.3. The first-order valence-corrected chi connectivity index (χ1v) is 8.35. The Kier molecular flexibility index (Phi) is 5.39. The minimum absolute atomic E-state index is 0.0274. The van der Waals surface area contributed by atoms with Gasteiger partial charge in [0.05, 0.1) is 7.11 Å². The molecule has 0 saturated carbocycles. The van der Waals surface area contributed by atoms with Crippen LogP contribution in [0.4, 0.5) is 19.1 Å². The van der Waals surface area contributed by atoms with E-state index in [0.29, 0.717) is 16.9 Å². The van der Waals surface area contributed by atoms with E-state index in [0.717, 1.165) is 5.56 Å². The Morgan fingerprint density at radius 3 is 2.36 bits per heavy atom. The summed E-state index contributed by atoms with van der Waals surface area (Å²) >= 11 is 0. The van der Waals surface area contributed by atoms with Gasteiger partial charge >= 0.3 is 6.18 Å². The van der Waals surface area contributed by atoms with Crippen LogP contribution in [-0.4, -0.2) is 23.3 Å². The normalized spacial score (nSPS) is 12.5. The number of halogens is 3. The van der Waals surface area contributed by atoms with Gasteiger partial charge < -0.3 is 15.2 Å². The number of benzene rings is 2. The zero-order valence-corrected chi connectivity index (χ0v) is 15.2. The SMILES string of the molecule is COc1ccc(-c2cc(C)ccc2C(Oc2ccnc(N)n2)C(F)(F)F)cc1. The molecule has 3 aromatic rings. The van der Waals surface area contributed by atoms with Crippen LogP contribution in [0.3, 0.4) is 0 Å².